The molecule has 0 saturated carbocycles. The normalized spacial score (nSPS) is 12.0. The highest BCUT2D eigenvalue weighted by molar-refractivity contribution is 6.31. The molecule has 0 spiro atoms. The molecule has 146 valence electrons. The van der Waals surface area contributed by atoms with Gasteiger partial charge in [-0.25, -0.2) is 4.98 Å². The fourth-order valence-electron chi connectivity index (χ4n) is 3.16. The third kappa shape index (κ3) is 4.82. The summed E-state index contributed by atoms with van der Waals surface area (Å²) in [6.45, 7) is 7.23. The van der Waals surface area contributed by atoms with Crippen LogP contribution in [-0.4, -0.2) is 16.5 Å². The van der Waals surface area contributed by atoms with E-state index >= 15 is 0 Å². The SMILES string of the molecule is CCC(C)c1ccc(CCNc2cc(-c3cccc(Cl)c3C)nc(N)n2)cc1. The first-order chi connectivity index (χ1) is 13.5. The molecule has 1 atom stereocenters. The molecular formula is C23H27ClN4. The Labute approximate surface area is 172 Å². The number of aromatic nitrogens is 2. The second-order valence-corrected chi connectivity index (χ2v) is 7.54. The summed E-state index contributed by atoms with van der Waals surface area (Å²) in [5, 5.41) is 4.08. The van der Waals surface area contributed by atoms with Crippen LogP contribution in [0, 0.1) is 6.92 Å². The van der Waals surface area contributed by atoms with E-state index in [0.29, 0.717) is 10.9 Å². The van der Waals surface area contributed by atoms with Gasteiger partial charge in [-0.2, -0.15) is 4.98 Å². The highest BCUT2D eigenvalue weighted by atomic mass is 35.5. The Morgan fingerprint density at radius 3 is 2.57 bits per heavy atom. The molecule has 1 unspecified atom stereocenters. The zero-order valence-electron chi connectivity index (χ0n) is 16.7. The van der Waals surface area contributed by atoms with Crippen molar-refractivity contribution in [2.45, 2.75) is 39.5 Å². The molecular weight excluding hydrogens is 368 g/mol. The van der Waals surface area contributed by atoms with Gasteiger partial charge < -0.3 is 11.1 Å². The molecule has 5 heteroatoms. The molecule has 3 rings (SSSR count). The van der Waals surface area contributed by atoms with E-state index in [0.717, 1.165) is 42.0 Å². The zero-order chi connectivity index (χ0) is 20.1. The molecule has 3 aromatic rings. The van der Waals surface area contributed by atoms with Gasteiger partial charge in [-0.3, -0.25) is 0 Å². The number of benzene rings is 2. The average Bonchev–Trinajstić information content (AvgIpc) is 2.69. The fourth-order valence-corrected chi connectivity index (χ4v) is 3.34. The molecule has 0 aliphatic carbocycles. The van der Waals surface area contributed by atoms with E-state index in [-0.39, 0.29) is 5.95 Å². The first-order valence-corrected chi connectivity index (χ1v) is 10.1. The number of rotatable bonds is 7. The quantitative estimate of drug-likeness (QED) is 0.527. The van der Waals surface area contributed by atoms with Gasteiger partial charge in [0.05, 0.1) is 5.69 Å². The Kier molecular flexibility index (Phi) is 6.53. The molecule has 1 aromatic heterocycles. The zero-order valence-corrected chi connectivity index (χ0v) is 17.4. The molecule has 0 bridgehead atoms. The van der Waals surface area contributed by atoms with Crippen molar-refractivity contribution in [3.63, 3.8) is 0 Å². The van der Waals surface area contributed by atoms with Crippen molar-refractivity contribution in [2.24, 2.45) is 0 Å². The van der Waals surface area contributed by atoms with E-state index in [2.05, 4.69) is 53.4 Å². The lowest BCUT2D eigenvalue weighted by molar-refractivity contribution is 0.733. The van der Waals surface area contributed by atoms with E-state index in [1.807, 2.05) is 31.2 Å². The molecule has 3 N–H and O–H groups in total. The number of halogens is 1. The maximum Gasteiger partial charge on any atom is 0.222 e. The number of nitrogens with one attached hydrogen (secondary N) is 1. The van der Waals surface area contributed by atoms with Crippen LogP contribution in [0.15, 0.2) is 48.5 Å². The summed E-state index contributed by atoms with van der Waals surface area (Å²) in [6.07, 6.45) is 2.07. The summed E-state index contributed by atoms with van der Waals surface area (Å²) in [4.78, 5) is 8.69. The molecule has 2 aromatic carbocycles. The summed E-state index contributed by atoms with van der Waals surface area (Å²) in [5.74, 6) is 1.57. The number of nitrogens with two attached hydrogens (primary N) is 1. The topological polar surface area (TPSA) is 63.8 Å². The molecule has 0 saturated heterocycles. The van der Waals surface area contributed by atoms with E-state index in [1.165, 1.54) is 11.1 Å². The minimum Gasteiger partial charge on any atom is -0.370 e. The molecule has 0 amide bonds. The molecule has 0 aliphatic heterocycles. The highest BCUT2D eigenvalue weighted by Crippen LogP contribution is 2.28. The van der Waals surface area contributed by atoms with Gasteiger partial charge in [0.2, 0.25) is 5.95 Å². The lowest BCUT2D eigenvalue weighted by atomic mass is 9.97. The standard InChI is InChI=1S/C23H27ClN4/c1-4-15(2)18-10-8-17(9-11-18)12-13-26-22-14-21(27-23(25)28-22)19-6-5-7-20(24)16(19)3/h5-11,14-15H,4,12-13H2,1-3H3,(H3,25,26,27,28). The minimum absolute atomic E-state index is 0.247. The number of nitrogen functional groups attached to an aromatic ring is 1. The predicted molar refractivity (Wildman–Crippen MR) is 119 cm³/mol. The van der Waals surface area contributed by atoms with Gasteiger partial charge >= 0.3 is 0 Å². The second-order valence-electron chi connectivity index (χ2n) is 7.14. The van der Waals surface area contributed by atoms with Gasteiger partial charge in [0.15, 0.2) is 0 Å². The predicted octanol–water partition coefficient (Wildman–Crippen LogP) is 5.86. The van der Waals surface area contributed by atoms with Crippen LogP contribution >= 0.6 is 11.6 Å². The van der Waals surface area contributed by atoms with Crippen LogP contribution in [0.2, 0.25) is 5.02 Å². The number of nitrogens with zero attached hydrogens (tertiary/aromatic N) is 2. The Morgan fingerprint density at radius 2 is 1.86 bits per heavy atom. The molecule has 28 heavy (non-hydrogen) atoms. The molecule has 0 fully saturated rings. The smallest absolute Gasteiger partial charge is 0.222 e. The van der Waals surface area contributed by atoms with Crippen molar-refractivity contribution in [3.8, 4) is 11.3 Å². The third-order valence-electron chi connectivity index (χ3n) is 5.17. The summed E-state index contributed by atoms with van der Waals surface area (Å²) < 4.78 is 0. The lowest BCUT2D eigenvalue weighted by Gasteiger charge is -2.12. The van der Waals surface area contributed by atoms with E-state index in [4.69, 9.17) is 17.3 Å². The lowest BCUT2D eigenvalue weighted by Crippen LogP contribution is -2.09. The Balaban J connectivity index is 1.68. The molecule has 4 nitrogen and oxygen atoms in total. The average molecular weight is 395 g/mol. The van der Waals surface area contributed by atoms with Gasteiger partial charge in [0, 0.05) is 23.2 Å². The largest absolute Gasteiger partial charge is 0.370 e. The maximum atomic E-state index is 6.24. The first kappa shape index (κ1) is 20.2. The van der Waals surface area contributed by atoms with Crippen LogP contribution in [0.5, 0.6) is 0 Å². The Hall–Kier alpha value is -2.59. The molecule has 1 heterocycles. The monoisotopic (exact) mass is 394 g/mol. The van der Waals surface area contributed by atoms with Crippen LogP contribution in [0.1, 0.15) is 42.9 Å². The van der Waals surface area contributed by atoms with Gasteiger partial charge in [-0.05, 0) is 48.4 Å². The minimum atomic E-state index is 0.247. The first-order valence-electron chi connectivity index (χ1n) is 9.70. The van der Waals surface area contributed by atoms with Gasteiger partial charge in [0.1, 0.15) is 5.82 Å². The Morgan fingerprint density at radius 1 is 1.11 bits per heavy atom. The maximum absolute atomic E-state index is 6.24. The van der Waals surface area contributed by atoms with Gasteiger partial charge in [-0.15, -0.1) is 0 Å². The van der Waals surface area contributed by atoms with Crippen LogP contribution in [-0.2, 0) is 6.42 Å². The third-order valence-corrected chi connectivity index (χ3v) is 5.58. The van der Waals surface area contributed by atoms with Crippen LogP contribution in [0.4, 0.5) is 11.8 Å². The van der Waals surface area contributed by atoms with Crippen LogP contribution in [0.3, 0.4) is 0 Å². The summed E-state index contributed by atoms with van der Waals surface area (Å²) >= 11 is 6.24. The summed E-state index contributed by atoms with van der Waals surface area (Å²) in [5.41, 5.74) is 11.3. The van der Waals surface area contributed by atoms with E-state index < -0.39 is 0 Å². The van der Waals surface area contributed by atoms with E-state index in [9.17, 15) is 0 Å². The van der Waals surface area contributed by atoms with Crippen molar-refractivity contribution in [1.82, 2.24) is 9.97 Å². The summed E-state index contributed by atoms with van der Waals surface area (Å²) in [6, 6.07) is 16.6. The molecule has 0 aliphatic rings. The number of hydrogen-bond acceptors (Lipinski definition) is 4. The van der Waals surface area contributed by atoms with Gasteiger partial charge in [0.25, 0.3) is 0 Å². The number of anilines is 2. The van der Waals surface area contributed by atoms with Crippen molar-refractivity contribution < 1.29 is 0 Å². The van der Waals surface area contributed by atoms with Crippen LogP contribution < -0.4 is 11.1 Å². The van der Waals surface area contributed by atoms with Crippen molar-refractivity contribution in [1.29, 1.82) is 0 Å². The molecule has 0 radical (unpaired) electrons. The van der Waals surface area contributed by atoms with E-state index in [1.54, 1.807) is 0 Å². The highest BCUT2D eigenvalue weighted by Gasteiger charge is 2.09. The second kappa shape index (κ2) is 9.07. The fraction of sp³-hybridized carbons (Fsp3) is 0.304. The van der Waals surface area contributed by atoms with Crippen LogP contribution in [0.25, 0.3) is 11.3 Å². The summed E-state index contributed by atoms with van der Waals surface area (Å²) in [7, 11) is 0. The van der Waals surface area contributed by atoms with Gasteiger partial charge in [-0.1, -0.05) is 61.8 Å². The Bertz CT molecular complexity index is 938. The van der Waals surface area contributed by atoms with Crippen molar-refractivity contribution in [2.75, 3.05) is 17.6 Å². The van der Waals surface area contributed by atoms with Crippen molar-refractivity contribution >= 4 is 23.4 Å². The number of hydrogen-bond donors (Lipinski definition) is 2. The van der Waals surface area contributed by atoms with Crippen molar-refractivity contribution in [3.05, 3.63) is 70.2 Å².